The molecule has 0 saturated carbocycles. The number of carbonyl (C=O) groups excluding carboxylic acids is 2. The van der Waals surface area contributed by atoms with Crippen LogP contribution in [0.1, 0.15) is 20.8 Å². The first-order chi connectivity index (χ1) is 13.6. The zero-order valence-electron chi connectivity index (χ0n) is 14.6. The Labute approximate surface area is 171 Å². The van der Waals surface area contributed by atoms with E-state index in [1.54, 1.807) is 48.5 Å². The van der Waals surface area contributed by atoms with E-state index in [-0.39, 0.29) is 11.6 Å². The smallest absolute Gasteiger partial charge is 0.287 e. The molecule has 2 aromatic carbocycles. The van der Waals surface area contributed by atoms with Gasteiger partial charge in [0.15, 0.2) is 0 Å². The number of hydrogen-bond donors (Lipinski definition) is 2. The molecular formula is C21H16ClN3O2S. The number of hydrazone groups is 1. The molecule has 0 atom stereocenters. The molecule has 0 aliphatic rings. The Hall–Kier alpha value is -3.22. The summed E-state index contributed by atoms with van der Waals surface area (Å²) in [5.74, 6) is -0.922. The number of benzene rings is 2. The van der Waals surface area contributed by atoms with Gasteiger partial charge in [-0.1, -0.05) is 54.1 Å². The van der Waals surface area contributed by atoms with Crippen LogP contribution in [0, 0.1) is 0 Å². The van der Waals surface area contributed by atoms with Crippen LogP contribution in [0.5, 0.6) is 0 Å². The van der Waals surface area contributed by atoms with Crippen molar-refractivity contribution in [1.82, 2.24) is 10.7 Å². The molecule has 0 fully saturated rings. The Bertz CT molecular complexity index is 1020. The number of nitrogens with zero attached hydrogens (tertiary/aromatic N) is 1. The first kappa shape index (κ1) is 19.5. The van der Waals surface area contributed by atoms with E-state index in [0.29, 0.717) is 16.1 Å². The monoisotopic (exact) mass is 409 g/mol. The van der Waals surface area contributed by atoms with E-state index in [1.807, 2.05) is 29.6 Å². The van der Waals surface area contributed by atoms with Crippen molar-refractivity contribution in [3.05, 3.63) is 98.8 Å². The van der Waals surface area contributed by atoms with Gasteiger partial charge in [0.25, 0.3) is 11.8 Å². The maximum absolute atomic E-state index is 12.6. The van der Waals surface area contributed by atoms with E-state index < -0.39 is 5.91 Å². The van der Waals surface area contributed by atoms with Gasteiger partial charge in [-0.3, -0.25) is 9.59 Å². The standard InChI is InChI=1S/C21H16ClN3O2S/c22-18-11-5-4-9-16(18)14-23-25-21(27)19(13-17-10-6-12-28-17)24-20(26)15-7-2-1-3-8-15/h1-14H,(H,24,26)(H,25,27). The maximum atomic E-state index is 12.6. The normalized spacial score (nSPS) is 11.4. The lowest BCUT2D eigenvalue weighted by Crippen LogP contribution is -2.32. The third-order valence-corrected chi connectivity index (χ3v) is 4.80. The second-order valence-corrected chi connectivity index (χ2v) is 7.00. The molecule has 0 radical (unpaired) electrons. The van der Waals surface area contributed by atoms with Gasteiger partial charge in [0.1, 0.15) is 5.70 Å². The summed E-state index contributed by atoms with van der Waals surface area (Å²) in [4.78, 5) is 25.8. The van der Waals surface area contributed by atoms with Crippen molar-refractivity contribution in [3.8, 4) is 0 Å². The maximum Gasteiger partial charge on any atom is 0.287 e. The summed E-state index contributed by atoms with van der Waals surface area (Å²) in [6, 6.07) is 19.5. The summed E-state index contributed by atoms with van der Waals surface area (Å²) < 4.78 is 0. The average molecular weight is 410 g/mol. The highest BCUT2D eigenvalue weighted by Gasteiger charge is 2.14. The fourth-order valence-electron chi connectivity index (χ4n) is 2.26. The number of hydrogen-bond acceptors (Lipinski definition) is 4. The Kier molecular flexibility index (Phi) is 6.73. The number of amides is 2. The van der Waals surface area contributed by atoms with Crippen LogP contribution >= 0.6 is 22.9 Å². The quantitative estimate of drug-likeness (QED) is 0.361. The molecule has 0 aliphatic heterocycles. The van der Waals surface area contributed by atoms with E-state index in [1.165, 1.54) is 17.6 Å². The Morgan fingerprint density at radius 3 is 2.43 bits per heavy atom. The highest BCUT2D eigenvalue weighted by atomic mass is 35.5. The minimum Gasteiger partial charge on any atom is -0.317 e. The predicted octanol–water partition coefficient (Wildman–Crippen LogP) is 4.32. The zero-order chi connectivity index (χ0) is 19.8. The van der Waals surface area contributed by atoms with Crippen molar-refractivity contribution in [2.45, 2.75) is 0 Å². The van der Waals surface area contributed by atoms with Crippen LogP contribution < -0.4 is 10.7 Å². The molecule has 140 valence electrons. The minimum absolute atomic E-state index is 0.0904. The molecule has 0 saturated heterocycles. The molecule has 3 aromatic rings. The molecule has 7 heteroatoms. The lowest BCUT2D eigenvalue weighted by atomic mass is 10.2. The van der Waals surface area contributed by atoms with Crippen molar-refractivity contribution in [2.24, 2.45) is 5.10 Å². The molecule has 1 aromatic heterocycles. The van der Waals surface area contributed by atoms with E-state index in [9.17, 15) is 9.59 Å². The number of halogens is 1. The SMILES string of the molecule is O=C(NN=Cc1ccccc1Cl)C(=Cc1cccs1)NC(=O)c1ccccc1. The van der Waals surface area contributed by atoms with Gasteiger partial charge in [0.2, 0.25) is 0 Å². The van der Waals surface area contributed by atoms with Crippen molar-refractivity contribution < 1.29 is 9.59 Å². The van der Waals surface area contributed by atoms with Crippen molar-refractivity contribution >= 4 is 47.0 Å². The number of rotatable bonds is 6. The lowest BCUT2D eigenvalue weighted by molar-refractivity contribution is -0.117. The number of thiophene rings is 1. The van der Waals surface area contributed by atoms with Crippen LogP contribution in [-0.4, -0.2) is 18.0 Å². The topological polar surface area (TPSA) is 70.6 Å². The van der Waals surface area contributed by atoms with E-state index in [0.717, 1.165) is 4.88 Å². The Morgan fingerprint density at radius 2 is 1.71 bits per heavy atom. The van der Waals surface area contributed by atoms with Crippen LogP contribution in [-0.2, 0) is 4.79 Å². The van der Waals surface area contributed by atoms with Crippen LogP contribution in [0.4, 0.5) is 0 Å². The van der Waals surface area contributed by atoms with Gasteiger partial charge in [-0.25, -0.2) is 5.43 Å². The number of nitrogens with one attached hydrogen (secondary N) is 2. The summed E-state index contributed by atoms with van der Waals surface area (Å²) in [5, 5.41) is 8.99. The summed E-state index contributed by atoms with van der Waals surface area (Å²) in [7, 11) is 0. The first-order valence-corrected chi connectivity index (χ1v) is 9.59. The van der Waals surface area contributed by atoms with Gasteiger partial charge >= 0.3 is 0 Å². The van der Waals surface area contributed by atoms with E-state index >= 15 is 0 Å². The highest BCUT2D eigenvalue weighted by molar-refractivity contribution is 7.10. The molecule has 1 heterocycles. The van der Waals surface area contributed by atoms with Gasteiger partial charge in [-0.15, -0.1) is 11.3 Å². The lowest BCUT2D eigenvalue weighted by Gasteiger charge is -2.08. The van der Waals surface area contributed by atoms with Crippen LogP contribution in [0.15, 0.2) is 82.9 Å². The summed E-state index contributed by atoms with van der Waals surface area (Å²) in [6.07, 6.45) is 3.05. The summed E-state index contributed by atoms with van der Waals surface area (Å²) in [5.41, 5.74) is 3.63. The van der Waals surface area contributed by atoms with Crippen molar-refractivity contribution in [1.29, 1.82) is 0 Å². The zero-order valence-corrected chi connectivity index (χ0v) is 16.2. The molecule has 0 bridgehead atoms. The predicted molar refractivity (Wildman–Crippen MR) is 113 cm³/mol. The van der Waals surface area contributed by atoms with Gasteiger partial charge in [0, 0.05) is 21.0 Å². The molecule has 28 heavy (non-hydrogen) atoms. The van der Waals surface area contributed by atoms with Gasteiger partial charge < -0.3 is 5.32 Å². The highest BCUT2D eigenvalue weighted by Crippen LogP contribution is 2.14. The average Bonchev–Trinajstić information content (AvgIpc) is 3.22. The molecule has 2 N–H and O–H groups in total. The van der Waals surface area contributed by atoms with Crippen molar-refractivity contribution in [2.75, 3.05) is 0 Å². The molecule has 0 unspecified atom stereocenters. The van der Waals surface area contributed by atoms with Gasteiger partial charge in [-0.2, -0.15) is 5.10 Å². The molecule has 2 amide bonds. The molecule has 3 rings (SSSR count). The Balaban J connectivity index is 1.76. The first-order valence-electron chi connectivity index (χ1n) is 8.33. The van der Waals surface area contributed by atoms with Gasteiger partial charge in [-0.05, 0) is 35.7 Å². The van der Waals surface area contributed by atoms with Crippen LogP contribution in [0.3, 0.4) is 0 Å². The Morgan fingerprint density at radius 1 is 0.964 bits per heavy atom. The third kappa shape index (κ3) is 5.39. The van der Waals surface area contributed by atoms with Crippen LogP contribution in [0.25, 0.3) is 6.08 Å². The third-order valence-electron chi connectivity index (χ3n) is 3.63. The second-order valence-electron chi connectivity index (χ2n) is 5.61. The van der Waals surface area contributed by atoms with Crippen LogP contribution in [0.2, 0.25) is 5.02 Å². The molecular weight excluding hydrogens is 394 g/mol. The van der Waals surface area contributed by atoms with Crippen molar-refractivity contribution in [3.63, 3.8) is 0 Å². The molecule has 5 nitrogen and oxygen atoms in total. The molecule has 0 spiro atoms. The van der Waals surface area contributed by atoms with E-state index in [4.69, 9.17) is 11.6 Å². The summed E-state index contributed by atoms with van der Waals surface area (Å²) in [6.45, 7) is 0. The number of carbonyl (C=O) groups is 2. The second kappa shape index (κ2) is 9.64. The molecule has 0 aliphatic carbocycles. The summed E-state index contributed by atoms with van der Waals surface area (Å²) >= 11 is 7.51. The minimum atomic E-state index is -0.541. The fraction of sp³-hybridized carbons (Fsp3) is 0. The largest absolute Gasteiger partial charge is 0.317 e. The van der Waals surface area contributed by atoms with E-state index in [2.05, 4.69) is 15.8 Å². The fourth-order valence-corrected chi connectivity index (χ4v) is 3.10. The van der Waals surface area contributed by atoms with Gasteiger partial charge in [0.05, 0.1) is 6.21 Å².